The number of Topliss-reactive ketones (excluding diaryl/α,β-unsaturated/α-hetero) is 1. The van der Waals surface area contributed by atoms with E-state index in [0.717, 1.165) is 5.57 Å². The molecule has 10 nitrogen and oxygen atoms in total. The Morgan fingerprint density at radius 1 is 1.06 bits per heavy atom. The maximum atomic E-state index is 14.1. The van der Waals surface area contributed by atoms with Crippen molar-refractivity contribution >= 4 is 45.3 Å². The number of cyclic esters (lactones) is 1. The van der Waals surface area contributed by atoms with Crippen molar-refractivity contribution in [3.05, 3.63) is 47.5 Å². The third kappa shape index (κ3) is 10.9. The SMILES string of the molecule is CC1=C\[C@@H](O[Si](C)(C)C(C)(C)C)CC(=O)Cc2nc(c([Si](C)(C)C)o2)C(=O)N2CCC[C@@H]2C(=O)O[C@H](C(C)C)[C@H](C)/C=C/C(=O)NC\C=C\1. The lowest BCUT2D eigenvalue weighted by atomic mass is 9.94. The maximum Gasteiger partial charge on any atom is 0.329 e. The van der Waals surface area contributed by atoms with Crippen LogP contribution < -0.4 is 10.7 Å². The van der Waals surface area contributed by atoms with Crippen LogP contribution in [0.2, 0.25) is 37.8 Å². The van der Waals surface area contributed by atoms with Gasteiger partial charge < -0.3 is 23.8 Å². The lowest BCUT2D eigenvalue weighted by molar-refractivity contribution is -0.158. The molecule has 0 radical (unpaired) electrons. The summed E-state index contributed by atoms with van der Waals surface area (Å²) in [6.07, 6.45) is 9.14. The fourth-order valence-electron chi connectivity index (χ4n) is 5.86. The number of ether oxygens (including phenoxy) is 1. The standard InChI is InChI=1S/C37H59N3O7Si2/c1-24(2)33-26(4)17-18-30(42)38-19-13-15-25(3)21-28(47-49(11,12)37(5,6)7)22-27(41)23-31-39-32(36(45-31)48(8,9)10)34(43)40-20-14-16-29(40)35(44)46-33/h13,15,17-18,21,24,26,28-29,33H,14,16,19-20,22-23H2,1-12H3,(H,38,42)/b15-13+,18-17+,25-21+/t26-,28-,29-,33-/m1/s1. The Hall–Kier alpha value is -3.10. The van der Waals surface area contributed by atoms with Crippen LogP contribution in [-0.4, -0.2) is 81.2 Å². The van der Waals surface area contributed by atoms with Gasteiger partial charge in [0.15, 0.2) is 14.0 Å². The van der Waals surface area contributed by atoms with Gasteiger partial charge in [0.2, 0.25) is 11.8 Å². The second-order valence-electron chi connectivity index (χ2n) is 16.5. The van der Waals surface area contributed by atoms with Crippen LogP contribution in [0.5, 0.6) is 0 Å². The highest BCUT2D eigenvalue weighted by Crippen LogP contribution is 2.38. The number of carbonyl (C=O) groups is 4. The van der Waals surface area contributed by atoms with Crippen LogP contribution in [0.1, 0.15) is 84.1 Å². The molecule has 2 aliphatic heterocycles. The molecule has 3 rings (SSSR count). The molecule has 2 aliphatic rings. The number of amides is 2. The second-order valence-corrected chi connectivity index (χ2v) is 26.2. The van der Waals surface area contributed by atoms with E-state index in [1.54, 1.807) is 11.0 Å². The minimum atomic E-state index is -2.26. The minimum absolute atomic E-state index is 0.0250. The number of aromatic nitrogens is 1. The highest BCUT2D eigenvalue weighted by Gasteiger charge is 2.42. The van der Waals surface area contributed by atoms with Crippen LogP contribution >= 0.6 is 0 Å². The molecule has 49 heavy (non-hydrogen) atoms. The molecular formula is C37H59N3O7Si2. The van der Waals surface area contributed by atoms with E-state index in [2.05, 4.69) is 63.8 Å². The molecule has 0 aliphatic carbocycles. The number of nitrogens with zero attached hydrogens (tertiary/aromatic N) is 2. The number of rotatable bonds is 4. The molecule has 2 bridgehead atoms. The zero-order valence-corrected chi connectivity index (χ0v) is 33.8. The van der Waals surface area contributed by atoms with Crippen molar-refractivity contribution in [1.29, 1.82) is 0 Å². The van der Waals surface area contributed by atoms with Crippen molar-refractivity contribution in [3.63, 3.8) is 0 Å². The Balaban J connectivity index is 2.06. The van der Waals surface area contributed by atoms with Gasteiger partial charge in [0.05, 0.1) is 12.5 Å². The molecule has 0 unspecified atom stereocenters. The molecule has 1 aromatic rings. The number of carbonyl (C=O) groups excluding carboxylic acids is 4. The Bertz CT molecular complexity index is 1460. The van der Waals surface area contributed by atoms with Gasteiger partial charge >= 0.3 is 5.97 Å². The molecule has 1 saturated heterocycles. The molecule has 1 aromatic heterocycles. The molecule has 3 heterocycles. The van der Waals surface area contributed by atoms with Gasteiger partial charge in [0.25, 0.3) is 5.91 Å². The number of allylic oxidation sites excluding steroid dienone is 2. The van der Waals surface area contributed by atoms with E-state index in [1.807, 2.05) is 45.9 Å². The van der Waals surface area contributed by atoms with E-state index in [9.17, 15) is 19.2 Å². The Morgan fingerprint density at radius 3 is 2.35 bits per heavy atom. The van der Waals surface area contributed by atoms with Crippen LogP contribution in [0, 0.1) is 11.8 Å². The maximum absolute atomic E-state index is 14.1. The van der Waals surface area contributed by atoms with Gasteiger partial charge in [-0.2, -0.15) is 0 Å². The van der Waals surface area contributed by atoms with Gasteiger partial charge in [0.1, 0.15) is 31.4 Å². The molecule has 2 amide bonds. The van der Waals surface area contributed by atoms with Gasteiger partial charge in [-0.3, -0.25) is 14.4 Å². The number of hydrogen-bond donors (Lipinski definition) is 1. The number of esters is 1. The quantitative estimate of drug-likeness (QED) is 0.293. The molecule has 4 atom stereocenters. The Kier molecular flexibility index (Phi) is 13.4. The Labute approximate surface area is 295 Å². The predicted molar refractivity (Wildman–Crippen MR) is 198 cm³/mol. The number of hydrogen-bond acceptors (Lipinski definition) is 8. The summed E-state index contributed by atoms with van der Waals surface area (Å²) in [6, 6.07) is -0.763. The van der Waals surface area contributed by atoms with Crippen molar-refractivity contribution in [1.82, 2.24) is 15.2 Å². The van der Waals surface area contributed by atoms with Crippen LogP contribution in [0.3, 0.4) is 0 Å². The fourth-order valence-corrected chi connectivity index (χ4v) is 8.42. The van der Waals surface area contributed by atoms with Crippen LogP contribution in [0.25, 0.3) is 0 Å². The van der Waals surface area contributed by atoms with Crippen LogP contribution in [-0.2, 0) is 30.0 Å². The summed E-state index contributed by atoms with van der Waals surface area (Å²) < 4.78 is 19.0. The molecule has 0 spiro atoms. The van der Waals surface area contributed by atoms with E-state index in [4.69, 9.17) is 13.6 Å². The average Bonchev–Trinajstić information content (AvgIpc) is 3.63. The summed E-state index contributed by atoms with van der Waals surface area (Å²) >= 11 is 0. The van der Waals surface area contributed by atoms with Gasteiger partial charge in [-0.25, -0.2) is 9.78 Å². The Morgan fingerprint density at radius 2 is 1.73 bits per heavy atom. The molecule has 0 aromatic carbocycles. The van der Waals surface area contributed by atoms with E-state index in [0.29, 0.717) is 31.3 Å². The normalized spacial score (nSPS) is 26.9. The summed E-state index contributed by atoms with van der Waals surface area (Å²) in [5.41, 5.74) is 1.08. The number of fused-ring (bicyclic) bond motifs is 3. The lowest BCUT2D eigenvalue weighted by Gasteiger charge is -2.38. The summed E-state index contributed by atoms with van der Waals surface area (Å²) in [6.45, 7) is 25.5. The van der Waals surface area contributed by atoms with Crippen molar-refractivity contribution in [2.24, 2.45) is 11.8 Å². The van der Waals surface area contributed by atoms with Gasteiger partial charge in [0, 0.05) is 25.4 Å². The topological polar surface area (TPSA) is 128 Å². The zero-order valence-electron chi connectivity index (χ0n) is 31.8. The fraction of sp³-hybridized carbons (Fsp3) is 0.649. The van der Waals surface area contributed by atoms with Gasteiger partial charge in [-0.1, -0.05) is 91.1 Å². The molecule has 1 N–H and O–H groups in total. The van der Waals surface area contributed by atoms with Crippen molar-refractivity contribution in [2.45, 2.75) is 130 Å². The first-order valence-corrected chi connectivity index (χ1v) is 24.0. The first-order chi connectivity index (χ1) is 22.6. The first-order valence-electron chi connectivity index (χ1n) is 17.6. The molecule has 1 fully saturated rings. The highest BCUT2D eigenvalue weighted by atomic mass is 28.4. The lowest BCUT2D eigenvalue weighted by Crippen LogP contribution is -2.47. The van der Waals surface area contributed by atoms with Crippen LogP contribution in [0.4, 0.5) is 0 Å². The highest BCUT2D eigenvalue weighted by molar-refractivity contribution is 6.88. The number of nitrogens with one attached hydrogen (secondary N) is 1. The van der Waals surface area contributed by atoms with Gasteiger partial charge in [-0.05, 0) is 49.9 Å². The van der Waals surface area contributed by atoms with Crippen molar-refractivity contribution in [2.75, 3.05) is 13.1 Å². The summed E-state index contributed by atoms with van der Waals surface area (Å²) in [5, 5.41) is 3.31. The van der Waals surface area contributed by atoms with E-state index >= 15 is 0 Å². The summed E-state index contributed by atoms with van der Waals surface area (Å²) in [5.74, 6) is -1.29. The number of oxazole rings is 1. The monoisotopic (exact) mass is 713 g/mol. The third-order valence-electron chi connectivity index (χ3n) is 9.57. The van der Waals surface area contributed by atoms with Gasteiger partial charge in [-0.15, -0.1) is 0 Å². The van der Waals surface area contributed by atoms with Crippen molar-refractivity contribution < 1.29 is 32.8 Å². The minimum Gasteiger partial charge on any atom is -0.460 e. The van der Waals surface area contributed by atoms with E-state index in [1.165, 1.54) is 6.08 Å². The number of ketones is 1. The molecule has 272 valence electrons. The first kappa shape index (κ1) is 40.3. The van der Waals surface area contributed by atoms with Crippen molar-refractivity contribution in [3.8, 4) is 0 Å². The molecule has 0 saturated carbocycles. The third-order valence-corrected chi connectivity index (χ3v) is 15.8. The zero-order chi connectivity index (χ0) is 36.9. The molecular weight excluding hydrogens is 655 g/mol. The second kappa shape index (κ2) is 16.3. The smallest absolute Gasteiger partial charge is 0.329 e. The largest absolute Gasteiger partial charge is 0.460 e. The molecule has 12 heteroatoms. The summed E-state index contributed by atoms with van der Waals surface area (Å²) in [7, 11) is -4.49. The van der Waals surface area contributed by atoms with E-state index in [-0.39, 0.29) is 58.9 Å². The van der Waals surface area contributed by atoms with E-state index < -0.39 is 40.6 Å². The predicted octanol–water partition coefficient (Wildman–Crippen LogP) is 6.11. The van der Waals surface area contributed by atoms with Crippen LogP contribution in [0.15, 0.2) is 40.4 Å². The average molecular weight is 714 g/mol. The summed E-state index contributed by atoms with van der Waals surface area (Å²) in [4.78, 5) is 60.2.